The number of piperidine rings is 1. The average molecular weight is 358 g/mol. The van der Waals surface area contributed by atoms with Gasteiger partial charge in [0.05, 0.1) is 0 Å². The van der Waals surface area contributed by atoms with Crippen LogP contribution in [0.25, 0.3) is 0 Å². The van der Waals surface area contributed by atoms with Crippen molar-refractivity contribution in [1.82, 2.24) is 14.9 Å². The van der Waals surface area contributed by atoms with Gasteiger partial charge in [-0.15, -0.1) is 0 Å². The molecule has 2 aromatic heterocycles. The van der Waals surface area contributed by atoms with Crippen molar-refractivity contribution in [2.45, 2.75) is 38.6 Å². The Hall–Kier alpha value is -2.52. The summed E-state index contributed by atoms with van der Waals surface area (Å²) in [7, 11) is 0. The Bertz CT molecular complexity index is 861. The molecule has 1 atom stereocenters. The van der Waals surface area contributed by atoms with Crippen molar-refractivity contribution in [2.75, 3.05) is 13.1 Å². The van der Waals surface area contributed by atoms with Gasteiger partial charge in [-0.3, -0.25) is 14.9 Å². The number of likely N-dealkylation sites (tertiary alicyclic amines) is 1. The minimum absolute atomic E-state index is 0.523. The quantitative estimate of drug-likeness (QED) is 0.659. The molecular weight excluding hydrogens is 330 g/mol. The minimum Gasteiger partial charge on any atom is -0.298 e. The van der Waals surface area contributed by atoms with Crippen LogP contribution in [0, 0.1) is 6.92 Å². The lowest BCUT2D eigenvalue weighted by Gasteiger charge is -2.32. The average Bonchev–Trinajstić information content (AvgIpc) is 2.69. The number of benzene rings is 1. The summed E-state index contributed by atoms with van der Waals surface area (Å²) in [6, 6.07) is 19.5. The summed E-state index contributed by atoms with van der Waals surface area (Å²) in [6.07, 6.45) is 7.21. The van der Waals surface area contributed by atoms with Gasteiger partial charge in [-0.25, -0.2) is 0 Å². The molecule has 1 fully saturated rings. The third-order valence-corrected chi connectivity index (χ3v) is 5.36. The van der Waals surface area contributed by atoms with E-state index in [4.69, 9.17) is 4.98 Å². The normalized spacial score (nSPS) is 17.7. The lowest BCUT2D eigenvalue weighted by atomic mass is 9.92. The Balaban J connectivity index is 1.48. The molecule has 4 rings (SSSR count). The lowest BCUT2D eigenvalue weighted by molar-refractivity contribution is 0.198. The highest BCUT2D eigenvalue weighted by atomic mass is 15.1. The standard InChI is InChI=1S/C24H27N3/c1-19-14-22(15-20-6-3-2-4-7-20)16-24(26-19)23-8-5-13-27(18-23)17-21-9-11-25-12-10-21/h2-4,6-7,9-12,14,16,23H,5,8,13,15,17-18H2,1H3/t23-/m1/s1. The molecule has 0 unspecified atom stereocenters. The summed E-state index contributed by atoms with van der Waals surface area (Å²) in [4.78, 5) is 11.6. The molecule has 1 aromatic carbocycles. The summed E-state index contributed by atoms with van der Waals surface area (Å²) < 4.78 is 0. The number of aryl methyl sites for hydroxylation is 1. The van der Waals surface area contributed by atoms with E-state index >= 15 is 0 Å². The predicted octanol–water partition coefficient (Wildman–Crippen LogP) is 4.76. The van der Waals surface area contributed by atoms with E-state index in [1.54, 1.807) is 0 Å². The van der Waals surface area contributed by atoms with Crippen LogP contribution in [0.1, 0.15) is 46.8 Å². The van der Waals surface area contributed by atoms with E-state index in [0.29, 0.717) is 5.92 Å². The third kappa shape index (κ3) is 4.81. The second kappa shape index (κ2) is 8.45. The number of rotatable bonds is 5. The molecule has 0 bridgehead atoms. The van der Waals surface area contributed by atoms with E-state index in [1.807, 2.05) is 12.4 Å². The molecule has 3 aromatic rings. The van der Waals surface area contributed by atoms with Crippen LogP contribution in [0.2, 0.25) is 0 Å². The van der Waals surface area contributed by atoms with Crippen LogP contribution >= 0.6 is 0 Å². The Morgan fingerprint density at radius 2 is 1.78 bits per heavy atom. The van der Waals surface area contributed by atoms with Gasteiger partial charge in [0.15, 0.2) is 0 Å². The number of hydrogen-bond donors (Lipinski definition) is 0. The van der Waals surface area contributed by atoms with E-state index in [9.17, 15) is 0 Å². The highest BCUT2D eigenvalue weighted by molar-refractivity contribution is 5.30. The van der Waals surface area contributed by atoms with Crippen molar-refractivity contribution in [3.05, 3.63) is 95.1 Å². The summed E-state index contributed by atoms with van der Waals surface area (Å²) >= 11 is 0. The highest BCUT2D eigenvalue weighted by Gasteiger charge is 2.23. The molecule has 0 amide bonds. The van der Waals surface area contributed by atoms with Gasteiger partial charge in [-0.1, -0.05) is 30.3 Å². The summed E-state index contributed by atoms with van der Waals surface area (Å²) in [5, 5.41) is 0. The molecule has 3 heterocycles. The van der Waals surface area contributed by atoms with Crippen molar-refractivity contribution in [3.63, 3.8) is 0 Å². The molecule has 1 saturated heterocycles. The number of nitrogens with zero attached hydrogens (tertiary/aromatic N) is 3. The molecule has 3 nitrogen and oxygen atoms in total. The van der Waals surface area contributed by atoms with Crippen LogP contribution in [0.3, 0.4) is 0 Å². The first kappa shape index (κ1) is 17.9. The van der Waals surface area contributed by atoms with Crippen molar-refractivity contribution in [2.24, 2.45) is 0 Å². The molecule has 0 N–H and O–H groups in total. The Kier molecular flexibility index (Phi) is 5.59. The van der Waals surface area contributed by atoms with Gasteiger partial charge in [0.25, 0.3) is 0 Å². The van der Waals surface area contributed by atoms with Gasteiger partial charge in [-0.05, 0) is 73.7 Å². The second-order valence-electron chi connectivity index (χ2n) is 7.63. The Labute approximate surface area is 162 Å². The van der Waals surface area contributed by atoms with Crippen LogP contribution in [0.15, 0.2) is 67.0 Å². The minimum atomic E-state index is 0.523. The van der Waals surface area contributed by atoms with E-state index in [0.717, 1.165) is 25.2 Å². The van der Waals surface area contributed by atoms with Gasteiger partial charge in [0.1, 0.15) is 0 Å². The molecule has 1 aliphatic heterocycles. The fourth-order valence-corrected chi connectivity index (χ4v) is 4.10. The molecule has 0 saturated carbocycles. The van der Waals surface area contributed by atoms with E-state index in [2.05, 4.69) is 71.4 Å². The number of pyridine rings is 2. The van der Waals surface area contributed by atoms with Crippen molar-refractivity contribution in [1.29, 1.82) is 0 Å². The highest BCUT2D eigenvalue weighted by Crippen LogP contribution is 2.28. The number of aromatic nitrogens is 2. The van der Waals surface area contributed by atoms with Gasteiger partial charge in [-0.2, -0.15) is 0 Å². The SMILES string of the molecule is Cc1cc(Cc2ccccc2)cc([C@@H]2CCCN(Cc3ccncc3)C2)n1. The van der Waals surface area contributed by atoms with Gasteiger partial charge >= 0.3 is 0 Å². The van der Waals surface area contributed by atoms with Crippen LogP contribution in [-0.4, -0.2) is 28.0 Å². The smallest absolute Gasteiger partial charge is 0.0453 e. The molecule has 1 aliphatic rings. The first-order chi connectivity index (χ1) is 13.3. The van der Waals surface area contributed by atoms with Crippen LogP contribution in [0.5, 0.6) is 0 Å². The molecule has 27 heavy (non-hydrogen) atoms. The first-order valence-electron chi connectivity index (χ1n) is 9.89. The van der Waals surface area contributed by atoms with Gasteiger partial charge in [0, 0.05) is 42.8 Å². The Morgan fingerprint density at radius 1 is 0.963 bits per heavy atom. The fourth-order valence-electron chi connectivity index (χ4n) is 4.10. The monoisotopic (exact) mass is 357 g/mol. The van der Waals surface area contributed by atoms with Gasteiger partial charge < -0.3 is 0 Å². The molecule has 3 heteroatoms. The molecule has 0 spiro atoms. The second-order valence-corrected chi connectivity index (χ2v) is 7.63. The summed E-state index contributed by atoms with van der Waals surface area (Å²) in [5.41, 5.74) is 6.46. The van der Waals surface area contributed by atoms with Crippen LogP contribution < -0.4 is 0 Å². The third-order valence-electron chi connectivity index (χ3n) is 5.36. The number of hydrogen-bond acceptors (Lipinski definition) is 3. The maximum absolute atomic E-state index is 4.90. The van der Waals surface area contributed by atoms with E-state index in [-0.39, 0.29) is 0 Å². The van der Waals surface area contributed by atoms with Gasteiger partial charge in [0.2, 0.25) is 0 Å². The zero-order valence-electron chi connectivity index (χ0n) is 16.0. The first-order valence-corrected chi connectivity index (χ1v) is 9.89. The topological polar surface area (TPSA) is 29.0 Å². The maximum Gasteiger partial charge on any atom is 0.0453 e. The molecule has 0 aliphatic carbocycles. The van der Waals surface area contributed by atoms with Crippen LogP contribution in [-0.2, 0) is 13.0 Å². The maximum atomic E-state index is 4.90. The lowest BCUT2D eigenvalue weighted by Crippen LogP contribution is -2.34. The van der Waals surface area contributed by atoms with E-state index in [1.165, 1.54) is 41.8 Å². The zero-order valence-corrected chi connectivity index (χ0v) is 16.0. The summed E-state index contributed by atoms with van der Waals surface area (Å²) in [6.45, 7) is 5.38. The fraction of sp³-hybridized carbons (Fsp3) is 0.333. The largest absolute Gasteiger partial charge is 0.298 e. The van der Waals surface area contributed by atoms with Crippen molar-refractivity contribution in [3.8, 4) is 0 Å². The zero-order chi connectivity index (χ0) is 18.5. The van der Waals surface area contributed by atoms with Crippen molar-refractivity contribution < 1.29 is 0 Å². The Morgan fingerprint density at radius 3 is 2.59 bits per heavy atom. The van der Waals surface area contributed by atoms with Crippen molar-refractivity contribution >= 4 is 0 Å². The van der Waals surface area contributed by atoms with E-state index < -0.39 is 0 Å². The predicted molar refractivity (Wildman–Crippen MR) is 110 cm³/mol. The molecule has 138 valence electrons. The van der Waals surface area contributed by atoms with Crippen LogP contribution in [0.4, 0.5) is 0 Å². The summed E-state index contributed by atoms with van der Waals surface area (Å²) in [5.74, 6) is 0.523. The molecular formula is C24H27N3. The molecule has 0 radical (unpaired) electrons.